The van der Waals surface area contributed by atoms with E-state index in [-0.39, 0.29) is 0 Å². The Labute approximate surface area is 264 Å². The fourth-order valence-corrected chi connectivity index (χ4v) is 7.83. The largest absolute Gasteiger partial charge is 0.208 e. The Morgan fingerprint density at radius 3 is 1.56 bits per heavy atom. The van der Waals surface area contributed by atoms with E-state index in [0.717, 1.165) is 27.8 Å². The molecule has 0 aliphatic heterocycles. The Bertz CT molecular complexity index is 2460. The highest BCUT2D eigenvalue weighted by Gasteiger charge is 2.21. The average Bonchev–Trinajstić information content (AvgIpc) is 3.51. The molecule has 7 aromatic carbocycles. The molecule has 9 rings (SSSR count). The predicted molar refractivity (Wildman–Crippen MR) is 189 cm³/mol. The molecule has 0 saturated heterocycles. The lowest BCUT2D eigenvalue weighted by Gasteiger charge is -2.13. The van der Waals surface area contributed by atoms with Crippen LogP contribution in [0.1, 0.15) is 0 Å². The zero-order chi connectivity index (χ0) is 29.7. The number of hydrogen-bond acceptors (Lipinski definition) is 4. The number of hydrogen-bond donors (Lipinski definition) is 0. The van der Waals surface area contributed by atoms with Crippen molar-refractivity contribution < 1.29 is 0 Å². The van der Waals surface area contributed by atoms with Crippen molar-refractivity contribution in [2.24, 2.45) is 0 Å². The monoisotopic (exact) mass is 591 g/mol. The molecule has 0 amide bonds. The molecule has 2 aromatic heterocycles. The number of fused-ring (bicyclic) bond motifs is 7. The number of aromatic nitrogens is 3. The van der Waals surface area contributed by atoms with Gasteiger partial charge in [-0.15, -0.1) is 11.3 Å². The first kappa shape index (κ1) is 25.8. The van der Waals surface area contributed by atoms with Crippen LogP contribution in [-0.4, -0.2) is 15.0 Å². The third-order valence-electron chi connectivity index (χ3n) is 8.52. The lowest BCUT2D eigenvalue weighted by atomic mass is 9.95. The maximum atomic E-state index is 5.12. The summed E-state index contributed by atoms with van der Waals surface area (Å²) >= 11 is 1.87. The standard InChI is InChI=1S/C41H25N3S/c1-4-13-27(14-5-1)36-34(41-43-39(29-15-6-2-7-16-29)42-40(44-41)30-17-8-3-9-18-30)25-24-33-32-23-22-28-21-20-26-12-10-11-19-31(26)35(28)37(32)45-38(33)36/h1-25H. The third kappa shape index (κ3) is 4.30. The van der Waals surface area contributed by atoms with Gasteiger partial charge in [-0.05, 0) is 27.8 Å². The summed E-state index contributed by atoms with van der Waals surface area (Å²) in [7, 11) is 0. The second-order valence-electron chi connectivity index (χ2n) is 11.2. The summed E-state index contributed by atoms with van der Waals surface area (Å²) in [6, 6.07) is 53.1. The van der Waals surface area contributed by atoms with Crippen LogP contribution in [0.15, 0.2) is 152 Å². The predicted octanol–water partition coefficient (Wildman–Crippen LogP) is 11.2. The van der Waals surface area contributed by atoms with E-state index >= 15 is 0 Å². The van der Waals surface area contributed by atoms with E-state index in [1.165, 1.54) is 41.7 Å². The van der Waals surface area contributed by atoms with E-state index in [9.17, 15) is 0 Å². The van der Waals surface area contributed by atoms with E-state index in [2.05, 4.69) is 115 Å². The minimum atomic E-state index is 0.660. The first-order valence-electron chi connectivity index (χ1n) is 15.0. The molecule has 0 unspecified atom stereocenters. The van der Waals surface area contributed by atoms with Gasteiger partial charge in [0.1, 0.15) is 0 Å². The summed E-state index contributed by atoms with van der Waals surface area (Å²) in [5.74, 6) is 1.98. The summed E-state index contributed by atoms with van der Waals surface area (Å²) < 4.78 is 2.54. The molecular weight excluding hydrogens is 567 g/mol. The minimum Gasteiger partial charge on any atom is -0.208 e. The number of rotatable bonds is 4. The minimum absolute atomic E-state index is 0.660. The first-order valence-corrected chi connectivity index (χ1v) is 15.9. The van der Waals surface area contributed by atoms with E-state index in [1.54, 1.807) is 0 Å². The summed E-state index contributed by atoms with van der Waals surface area (Å²) in [6.45, 7) is 0. The lowest BCUT2D eigenvalue weighted by molar-refractivity contribution is 1.07. The van der Waals surface area contributed by atoms with Crippen molar-refractivity contribution in [2.45, 2.75) is 0 Å². The van der Waals surface area contributed by atoms with Crippen molar-refractivity contribution in [3.8, 4) is 45.3 Å². The second-order valence-corrected chi connectivity index (χ2v) is 12.2. The molecule has 0 saturated carbocycles. The summed E-state index contributed by atoms with van der Waals surface area (Å²) in [5.41, 5.74) is 5.20. The molecule has 0 radical (unpaired) electrons. The molecule has 210 valence electrons. The van der Waals surface area contributed by atoms with E-state index in [0.29, 0.717) is 17.5 Å². The number of nitrogens with zero attached hydrogens (tertiary/aromatic N) is 3. The van der Waals surface area contributed by atoms with E-state index in [4.69, 9.17) is 15.0 Å². The van der Waals surface area contributed by atoms with Gasteiger partial charge in [-0.2, -0.15) is 0 Å². The fourth-order valence-electron chi connectivity index (χ4n) is 6.39. The summed E-state index contributed by atoms with van der Waals surface area (Å²) in [6.07, 6.45) is 0. The van der Waals surface area contributed by atoms with Gasteiger partial charge in [0.2, 0.25) is 0 Å². The average molecular weight is 592 g/mol. The normalized spacial score (nSPS) is 11.6. The van der Waals surface area contributed by atoms with Crippen molar-refractivity contribution in [1.29, 1.82) is 0 Å². The first-order chi connectivity index (χ1) is 22.3. The molecule has 9 aromatic rings. The van der Waals surface area contributed by atoms with Gasteiger partial charge >= 0.3 is 0 Å². The van der Waals surface area contributed by atoms with Gasteiger partial charge in [-0.25, -0.2) is 15.0 Å². The van der Waals surface area contributed by atoms with Gasteiger partial charge in [-0.3, -0.25) is 0 Å². The van der Waals surface area contributed by atoms with Gasteiger partial charge < -0.3 is 0 Å². The van der Waals surface area contributed by atoms with Crippen molar-refractivity contribution >= 4 is 53.1 Å². The molecule has 4 heteroatoms. The number of thiophene rings is 1. The van der Waals surface area contributed by atoms with Crippen LogP contribution in [0, 0.1) is 0 Å². The van der Waals surface area contributed by atoms with Crippen molar-refractivity contribution in [3.05, 3.63) is 152 Å². The van der Waals surface area contributed by atoms with Gasteiger partial charge in [0, 0.05) is 47.8 Å². The Morgan fingerprint density at radius 1 is 0.356 bits per heavy atom. The van der Waals surface area contributed by atoms with Crippen LogP contribution in [0.25, 0.3) is 87.0 Å². The topological polar surface area (TPSA) is 38.7 Å². The van der Waals surface area contributed by atoms with E-state index < -0.39 is 0 Å². The molecule has 0 aliphatic rings. The highest BCUT2D eigenvalue weighted by Crippen LogP contribution is 2.47. The van der Waals surface area contributed by atoms with Crippen molar-refractivity contribution in [3.63, 3.8) is 0 Å². The summed E-state index contributed by atoms with van der Waals surface area (Å²) in [5, 5.41) is 7.62. The Hall–Kier alpha value is -5.71. The Morgan fingerprint density at radius 2 is 0.867 bits per heavy atom. The molecule has 0 bridgehead atoms. The smallest absolute Gasteiger partial charge is 0.164 e. The molecule has 2 heterocycles. The van der Waals surface area contributed by atoms with Crippen LogP contribution in [0.5, 0.6) is 0 Å². The lowest BCUT2D eigenvalue weighted by Crippen LogP contribution is -2.01. The number of benzene rings is 7. The van der Waals surface area contributed by atoms with Gasteiger partial charge in [0.15, 0.2) is 17.5 Å². The van der Waals surface area contributed by atoms with Crippen molar-refractivity contribution in [2.75, 3.05) is 0 Å². The van der Waals surface area contributed by atoms with E-state index in [1.807, 2.05) is 47.7 Å². The third-order valence-corrected chi connectivity index (χ3v) is 9.77. The van der Waals surface area contributed by atoms with Gasteiger partial charge in [0.25, 0.3) is 0 Å². The highest BCUT2D eigenvalue weighted by atomic mass is 32.1. The van der Waals surface area contributed by atoms with Crippen LogP contribution in [0.3, 0.4) is 0 Å². The van der Waals surface area contributed by atoms with Crippen LogP contribution in [0.2, 0.25) is 0 Å². The molecule has 0 spiro atoms. The maximum Gasteiger partial charge on any atom is 0.164 e. The molecule has 3 nitrogen and oxygen atoms in total. The van der Waals surface area contributed by atoms with Crippen LogP contribution >= 0.6 is 11.3 Å². The van der Waals surface area contributed by atoms with Crippen molar-refractivity contribution in [1.82, 2.24) is 15.0 Å². The van der Waals surface area contributed by atoms with Gasteiger partial charge in [0.05, 0.1) is 0 Å². The molecular formula is C41H25N3S. The molecule has 45 heavy (non-hydrogen) atoms. The fraction of sp³-hybridized carbons (Fsp3) is 0. The quantitative estimate of drug-likeness (QED) is 0.191. The molecule has 0 aliphatic carbocycles. The van der Waals surface area contributed by atoms with Gasteiger partial charge in [-0.1, -0.05) is 146 Å². The second kappa shape index (κ2) is 10.5. The molecule has 0 atom stereocenters. The highest BCUT2D eigenvalue weighted by molar-refractivity contribution is 7.27. The SMILES string of the molecule is c1ccc(-c2nc(-c3ccccc3)nc(-c3ccc4c(sc5c4ccc4ccc6ccccc6c45)c3-c3ccccc3)n2)cc1. The Balaban J connectivity index is 1.38. The Kier molecular flexibility index (Phi) is 6.00. The molecule has 0 fully saturated rings. The van der Waals surface area contributed by atoms with Crippen LogP contribution in [-0.2, 0) is 0 Å². The summed E-state index contributed by atoms with van der Waals surface area (Å²) in [4.78, 5) is 15.2. The zero-order valence-corrected chi connectivity index (χ0v) is 25.0. The van der Waals surface area contributed by atoms with Crippen LogP contribution < -0.4 is 0 Å². The maximum absolute atomic E-state index is 5.12. The van der Waals surface area contributed by atoms with Crippen LogP contribution in [0.4, 0.5) is 0 Å². The zero-order valence-electron chi connectivity index (χ0n) is 24.2. The molecule has 0 N–H and O–H groups in total.